The van der Waals surface area contributed by atoms with Crippen LogP contribution in [-0.2, 0) is 33.2 Å². The van der Waals surface area contributed by atoms with E-state index in [2.05, 4.69) is 116 Å². The number of ether oxygens (including phenoxy) is 6. The largest absolute Gasteiger partial charge is 0.394 e. The molecular formula is C87H153NO18. The topological polar surface area (TPSA) is 307 Å². The highest BCUT2D eigenvalue weighted by atomic mass is 16.8. The van der Waals surface area contributed by atoms with Gasteiger partial charge >= 0.3 is 0 Å². The fraction of sp³-hybridized carbons (Fsp3) is 0.805. The number of unbranched alkanes of at least 4 members (excludes halogenated alkanes) is 35. The number of aliphatic hydroxyl groups is 11. The molecule has 19 heteroatoms. The molecule has 12 N–H and O–H groups in total. The second kappa shape index (κ2) is 66.3. The Morgan fingerprint density at radius 2 is 0.651 bits per heavy atom. The third-order valence-electron chi connectivity index (χ3n) is 20.7. The highest BCUT2D eigenvalue weighted by Crippen LogP contribution is 2.33. The molecule has 0 bridgehead atoms. The third-order valence-corrected chi connectivity index (χ3v) is 20.7. The molecule has 1 amide bonds. The molecule has 3 saturated heterocycles. The first-order chi connectivity index (χ1) is 51.8. The maximum Gasteiger partial charge on any atom is 0.220 e. The number of aliphatic hydroxyl groups excluding tert-OH is 11. The minimum Gasteiger partial charge on any atom is -0.394 e. The Bertz CT molecular complexity index is 2290. The molecule has 3 fully saturated rings. The zero-order valence-corrected chi connectivity index (χ0v) is 65.9. The standard InChI is InChI=1S/C87H153NO18/c1-3-5-7-9-11-13-15-17-19-21-23-25-27-28-29-30-31-32-33-34-35-36-37-38-39-40-41-42-43-45-47-49-51-53-55-57-59-61-63-65-75(93)88-70(71(92)64-62-60-58-56-54-52-50-48-46-44-26-24-22-20-18-16-14-12-10-8-6-4-2)69-101-85-81(99)78(96)83(73(67-90)103-85)106-87-82(100)79(97)84(74(68-91)104-87)105-86-80(98)77(95)76(94)72(66-89)102-86/h5,7,11,13,17,19,23,25,28-29,31-32,34-35,37-38,70-74,76-87,89-92,94-100H,3-4,6,8-10,12,14-16,18,20-22,24,26-27,30,33,36,39-69H2,1-2H3,(H,88,93)/b7-5-,13-11-,19-17-,25-23-,29-28-,32-31-,35-34-,38-37-. The SMILES string of the molecule is CC/C=C\C/C=C\C/C=C\C/C=C\C/C=C\C/C=C\C/C=C\C/C=C\CCCCCCCCCCCCCCCCC(=O)NC(COC1OC(CO)C(OC2OC(CO)C(OC3OC(CO)C(O)C(O)C3O)C(O)C2O)C(O)C1O)C(O)CCCCCCCCCCCCCCCCCCCCCCCC. The molecule has 614 valence electrons. The average Bonchev–Trinajstić information content (AvgIpc) is 0.780. The zero-order valence-electron chi connectivity index (χ0n) is 65.9. The lowest BCUT2D eigenvalue weighted by Gasteiger charge is -2.48. The van der Waals surface area contributed by atoms with Gasteiger partial charge in [-0.25, -0.2) is 0 Å². The maximum atomic E-state index is 13.5. The Morgan fingerprint density at radius 3 is 1.02 bits per heavy atom. The Morgan fingerprint density at radius 1 is 0.349 bits per heavy atom. The number of carbonyl (C=O) groups is 1. The molecule has 0 radical (unpaired) electrons. The monoisotopic (exact) mass is 1500 g/mol. The van der Waals surface area contributed by atoms with Crippen molar-refractivity contribution in [3.63, 3.8) is 0 Å². The van der Waals surface area contributed by atoms with Gasteiger partial charge in [-0.1, -0.05) is 329 Å². The van der Waals surface area contributed by atoms with Crippen molar-refractivity contribution < 1.29 is 89.4 Å². The number of hydrogen-bond donors (Lipinski definition) is 12. The molecule has 0 saturated carbocycles. The van der Waals surface area contributed by atoms with E-state index in [4.69, 9.17) is 28.4 Å². The number of carbonyl (C=O) groups excluding carboxylic acids is 1. The van der Waals surface area contributed by atoms with Crippen molar-refractivity contribution >= 4 is 5.91 Å². The van der Waals surface area contributed by atoms with E-state index in [1.54, 1.807) is 0 Å². The lowest BCUT2D eigenvalue weighted by Crippen LogP contribution is -2.66. The van der Waals surface area contributed by atoms with Gasteiger partial charge in [0.1, 0.15) is 73.2 Å². The summed E-state index contributed by atoms with van der Waals surface area (Å²) in [6.07, 6.45) is 63.5. The molecular weight excluding hydrogens is 1350 g/mol. The predicted molar refractivity (Wildman–Crippen MR) is 424 cm³/mol. The summed E-state index contributed by atoms with van der Waals surface area (Å²) in [7, 11) is 0. The molecule has 17 unspecified atom stereocenters. The Kier molecular flexibility index (Phi) is 60.6. The molecule has 0 aromatic rings. The second-order valence-corrected chi connectivity index (χ2v) is 29.9. The summed E-state index contributed by atoms with van der Waals surface area (Å²) in [6.45, 7) is 1.72. The molecule has 0 aromatic carbocycles. The van der Waals surface area contributed by atoms with Gasteiger partial charge in [-0.05, 0) is 77.0 Å². The lowest BCUT2D eigenvalue weighted by atomic mass is 9.96. The zero-order chi connectivity index (χ0) is 76.7. The Balaban J connectivity index is 1.33. The van der Waals surface area contributed by atoms with Crippen LogP contribution in [0.15, 0.2) is 97.2 Å². The van der Waals surface area contributed by atoms with E-state index >= 15 is 0 Å². The van der Waals surface area contributed by atoms with Crippen molar-refractivity contribution in [2.75, 3.05) is 26.4 Å². The van der Waals surface area contributed by atoms with E-state index in [1.165, 1.54) is 180 Å². The van der Waals surface area contributed by atoms with Crippen molar-refractivity contribution in [1.29, 1.82) is 0 Å². The lowest BCUT2D eigenvalue weighted by molar-refractivity contribution is -0.379. The van der Waals surface area contributed by atoms with E-state index in [0.717, 1.165) is 103 Å². The van der Waals surface area contributed by atoms with E-state index < -0.39 is 124 Å². The number of hydrogen-bond acceptors (Lipinski definition) is 18. The second-order valence-electron chi connectivity index (χ2n) is 29.9. The summed E-state index contributed by atoms with van der Waals surface area (Å²) in [5.41, 5.74) is 0. The summed E-state index contributed by atoms with van der Waals surface area (Å²) in [4.78, 5) is 13.5. The quantitative estimate of drug-likeness (QED) is 0.0199. The smallest absolute Gasteiger partial charge is 0.220 e. The number of amides is 1. The van der Waals surface area contributed by atoms with Gasteiger partial charge < -0.3 is 89.9 Å². The Labute approximate surface area is 641 Å². The summed E-state index contributed by atoms with van der Waals surface area (Å²) >= 11 is 0. The van der Waals surface area contributed by atoms with Gasteiger partial charge in [-0.3, -0.25) is 4.79 Å². The highest BCUT2D eigenvalue weighted by Gasteiger charge is 2.54. The Hall–Kier alpha value is -3.29. The maximum absolute atomic E-state index is 13.5. The van der Waals surface area contributed by atoms with Crippen LogP contribution >= 0.6 is 0 Å². The van der Waals surface area contributed by atoms with E-state index in [9.17, 15) is 61.0 Å². The molecule has 106 heavy (non-hydrogen) atoms. The first-order valence-electron chi connectivity index (χ1n) is 42.5. The highest BCUT2D eigenvalue weighted by molar-refractivity contribution is 5.76. The van der Waals surface area contributed by atoms with Crippen LogP contribution < -0.4 is 5.32 Å². The van der Waals surface area contributed by atoms with Gasteiger partial charge in [0, 0.05) is 6.42 Å². The summed E-state index contributed by atoms with van der Waals surface area (Å²) in [5, 5.41) is 121. The van der Waals surface area contributed by atoms with E-state index in [-0.39, 0.29) is 18.9 Å². The summed E-state index contributed by atoms with van der Waals surface area (Å²) in [5.74, 6) is -0.243. The molecule has 3 aliphatic heterocycles. The summed E-state index contributed by atoms with van der Waals surface area (Å²) < 4.78 is 34.5. The normalized spacial score (nSPS) is 26.1. The van der Waals surface area contributed by atoms with Crippen molar-refractivity contribution in [3.8, 4) is 0 Å². The average molecular weight is 1500 g/mol. The molecule has 3 heterocycles. The van der Waals surface area contributed by atoms with Crippen molar-refractivity contribution in [3.05, 3.63) is 97.2 Å². The molecule has 19 nitrogen and oxygen atoms in total. The van der Waals surface area contributed by atoms with Gasteiger partial charge in [0.05, 0.1) is 38.6 Å². The van der Waals surface area contributed by atoms with Gasteiger partial charge in [0.2, 0.25) is 5.91 Å². The molecule has 0 aliphatic carbocycles. The number of rotatable bonds is 67. The molecule has 3 rings (SSSR count). The van der Waals surface area contributed by atoms with Gasteiger partial charge in [-0.2, -0.15) is 0 Å². The van der Waals surface area contributed by atoms with Crippen LogP contribution in [0, 0.1) is 0 Å². The van der Waals surface area contributed by atoms with Crippen LogP contribution in [0.5, 0.6) is 0 Å². The predicted octanol–water partition coefficient (Wildman–Crippen LogP) is 15.1. The first-order valence-corrected chi connectivity index (χ1v) is 42.5. The molecule has 17 atom stereocenters. The van der Waals surface area contributed by atoms with Crippen LogP contribution in [0.2, 0.25) is 0 Å². The molecule has 3 aliphatic rings. The number of nitrogens with one attached hydrogen (secondary N) is 1. The van der Waals surface area contributed by atoms with Crippen LogP contribution in [0.25, 0.3) is 0 Å². The van der Waals surface area contributed by atoms with Crippen molar-refractivity contribution in [2.45, 2.75) is 420 Å². The first kappa shape index (κ1) is 96.9. The van der Waals surface area contributed by atoms with Gasteiger partial charge in [0.25, 0.3) is 0 Å². The number of allylic oxidation sites excluding steroid dienone is 16. The third kappa shape index (κ3) is 45.3. The summed E-state index contributed by atoms with van der Waals surface area (Å²) in [6, 6.07) is -0.894. The van der Waals surface area contributed by atoms with E-state index in [0.29, 0.717) is 12.8 Å². The fourth-order valence-electron chi connectivity index (χ4n) is 13.9. The minimum absolute atomic E-state index is 0.243. The van der Waals surface area contributed by atoms with E-state index in [1.807, 2.05) is 0 Å². The fourth-order valence-corrected chi connectivity index (χ4v) is 13.9. The van der Waals surface area contributed by atoms with Crippen LogP contribution in [0.1, 0.15) is 316 Å². The molecule has 0 spiro atoms. The van der Waals surface area contributed by atoms with Gasteiger partial charge in [-0.15, -0.1) is 0 Å². The van der Waals surface area contributed by atoms with Crippen LogP contribution in [0.4, 0.5) is 0 Å². The van der Waals surface area contributed by atoms with Crippen molar-refractivity contribution in [1.82, 2.24) is 5.32 Å². The van der Waals surface area contributed by atoms with Crippen LogP contribution in [-0.4, -0.2) is 193 Å². The molecule has 0 aromatic heterocycles. The van der Waals surface area contributed by atoms with Crippen LogP contribution in [0.3, 0.4) is 0 Å². The minimum atomic E-state index is -1.98. The van der Waals surface area contributed by atoms with Crippen molar-refractivity contribution in [2.24, 2.45) is 0 Å². The van der Waals surface area contributed by atoms with Gasteiger partial charge in [0.15, 0.2) is 18.9 Å².